The van der Waals surface area contributed by atoms with Crippen molar-refractivity contribution in [3.63, 3.8) is 0 Å². The summed E-state index contributed by atoms with van der Waals surface area (Å²) >= 11 is 3.56. The molecule has 0 atom stereocenters. The van der Waals surface area contributed by atoms with Crippen LogP contribution in [0.5, 0.6) is 0 Å². The Morgan fingerprint density at radius 1 is 1.19 bits per heavy atom. The number of hydrogen-bond donors (Lipinski definition) is 0. The molecular weight excluding hydrogens is 328 g/mol. The minimum atomic E-state index is 0.671. The average Bonchev–Trinajstić information content (AvgIpc) is 2.89. The molecule has 0 saturated carbocycles. The third-order valence-electron chi connectivity index (χ3n) is 3.48. The van der Waals surface area contributed by atoms with Crippen LogP contribution < -0.4 is 4.57 Å². The monoisotopic (exact) mass is 345 g/mol. The molecule has 0 aliphatic carbocycles. The molecule has 3 aromatic rings. The van der Waals surface area contributed by atoms with Crippen LogP contribution in [0.1, 0.15) is 25.8 Å². The minimum Gasteiger partial charge on any atom is -0.436 e. The zero-order chi connectivity index (χ0) is 14.8. The first-order valence-corrected chi connectivity index (χ1v) is 8.08. The van der Waals surface area contributed by atoms with Crippen LogP contribution >= 0.6 is 15.9 Å². The van der Waals surface area contributed by atoms with Gasteiger partial charge in [-0.05, 0) is 46.1 Å². The summed E-state index contributed by atoms with van der Waals surface area (Å²) < 4.78 is 9.09. The Kier molecular flexibility index (Phi) is 4.06. The maximum absolute atomic E-state index is 5.90. The van der Waals surface area contributed by atoms with E-state index in [1.807, 2.05) is 12.1 Å². The molecule has 0 fully saturated rings. The molecule has 0 unspecified atom stereocenters. The molecule has 3 rings (SSSR count). The van der Waals surface area contributed by atoms with Gasteiger partial charge in [0.15, 0.2) is 18.0 Å². The lowest BCUT2D eigenvalue weighted by Gasteiger charge is -1.98. The molecule has 0 saturated heterocycles. The van der Waals surface area contributed by atoms with Crippen molar-refractivity contribution < 1.29 is 8.98 Å². The fourth-order valence-corrected chi connectivity index (χ4v) is 2.93. The summed E-state index contributed by atoms with van der Waals surface area (Å²) in [6.45, 7) is 5.29. The normalized spacial score (nSPS) is 11.2. The van der Waals surface area contributed by atoms with E-state index in [4.69, 9.17) is 4.42 Å². The average molecular weight is 346 g/mol. The number of nitrogens with zero attached hydrogens (tertiary/aromatic N) is 2. The Hall–Kier alpha value is -1.68. The molecule has 2 heterocycles. The molecule has 0 bridgehead atoms. The number of rotatable bonds is 4. The van der Waals surface area contributed by atoms with E-state index in [2.05, 4.69) is 63.9 Å². The highest BCUT2D eigenvalue weighted by molar-refractivity contribution is 9.10. The van der Waals surface area contributed by atoms with E-state index in [-0.39, 0.29) is 0 Å². The summed E-state index contributed by atoms with van der Waals surface area (Å²) in [5.41, 5.74) is 4.03. The molecule has 0 radical (unpaired) electrons. The van der Waals surface area contributed by atoms with Crippen LogP contribution in [0.2, 0.25) is 0 Å². The Morgan fingerprint density at radius 3 is 2.81 bits per heavy atom. The van der Waals surface area contributed by atoms with Gasteiger partial charge < -0.3 is 4.42 Å². The van der Waals surface area contributed by atoms with Crippen molar-refractivity contribution in [3.05, 3.63) is 46.7 Å². The molecule has 0 N–H and O–H groups in total. The number of fused-ring (bicyclic) bond motifs is 1. The molecule has 0 aliphatic heterocycles. The van der Waals surface area contributed by atoms with Crippen LogP contribution in [0, 0.1) is 0 Å². The van der Waals surface area contributed by atoms with Crippen LogP contribution in [0.25, 0.3) is 22.6 Å². The van der Waals surface area contributed by atoms with Gasteiger partial charge in [0.1, 0.15) is 17.6 Å². The van der Waals surface area contributed by atoms with E-state index in [1.165, 1.54) is 5.56 Å². The highest BCUT2D eigenvalue weighted by Crippen LogP contribution is 2.26. The third kappa shape index (κ3) is 3.00. The van der Waals surface area contributed by atoms with E-state index < -0.39 is 0 Å². The molecule has 3 nitrogen and oxygen atoms in total. The second kappa shape index (κ2) is 5.98. The molecule has 0 aliphatic rings. The summed E-state index contributed by atoms with van der Waals surface area (Å²) in [7, 11) is 0. The fourth-order valence-electron chi connectivity index (χ4n) is 2.42. The van der Waals surface area contributed by atoms with Crippen LogP contribution in [-0.2, 0) is 13.0 Å². The lowest BCUT2D eigenvalue weighted by atomic mass is 10.1. The smallest absolute Gasteiger partial charge is 0.233 e. The summed E-state index contributed by atoms with van der Waals surface area (Å²) in [4.78, 5) is 4.63. The lowest BCUT2D eigenvalue weighted by Crippen LogP contribution is -2.32. The van der Waals surface area contributed by atoms with Crippen LogP contribution in [0.15, 0.2) is 45.5 Å². The molecule has 0 spiro atoms. The third-order valence-corrected chi connectivity index (χ3v) is 3.91. The standard InChI is InChI=1S/C17H18BrN2O/c1-3-7-20-10-13(9-14(18)11-20)17-19-15-8-12(4-2)5-6-16(15)21-17/h5-6,8-11H,3-4,7H2,1-2H3/q+1. The maximum atomic E-state index is 5.90. The van der Waals surface area contributed by atoms with Crippen molar-refractivity contribution in [2.45, 2.75) is 33.2 Å². The number of oxazole rings is 1. The molecular formula is C17H18BrN2O+. The number of aryl methyl sites for hydroxylation is 2. The van der Waals surface area contributed by atoms with Crippen molar-refractivity contribution in [1.82, 2.24) is 4.98 Å². The highest BCUT2D eigenvalue weighted by Gasteiger charge is 2.13. The summed E-state index contributed by atoms with van der Waals surface area (Å²) in [5, 5.41) is 0. The van der Waals surface area contributed by atoms with Crippen LogP contribution in [0.3, 0.4) is 0 Å². The number of pyridine rings is 1. The van der Waals surface area contributed by atoms with Gasteiger partial charge in [-0.3, -0.25) is 0 Å². The molecule has 4 heteroatoms. The second-order valence-corrected chi connectivity index (χ2v) is 6.07. The predicted octanol–water partition coefficient (Wildman–Crippen LogP) is 4.52. The SMILES string of the molecule is CCC[n+]1cc(Br)cc(-c2nc3cc(CC)ccc3o2)c1. The quantitative estimate of drug-likeness (QED) is 0.650. The minimum absolute atomic E-state index is 0.671. The van der Waals surface area contributed by atoms with Gasteiger partial charge in [0.05, 0.1) is 4.47 Å². The van der Waals surface area contributed by atoms with Crippen LogP contribution in [-0.4, -0.2) is 4.98 Å². The first-order chi connectivity index (χ1) is 10.2. The van der Waals surface area contributed by atoms with Crippen molar-refractivity contribution in [2.24, 2.45) is 0 Å². The van der Waals surface area contributed by atoms with Gasteiger partial charge in [-0.15, -0.1) is 0 Å². The summed E-state index contributed by atoms with van der Waals surface area (Å²) in [6, 6.07) is 8.23. The lowest BCUT2D eigenvalue weighted by molar-refractivity contribution is -0.697. The number of benzene rings is 1. The van der Waals surface area contributed by atoms with Crippen molar-refractivity contribution in [1.29, 1.82) is 0 Å². The van der Waals surface area contributed by atoms with E-state index in [9.17, 15) is 0 Å². The van der Waals surface area contributed by atoms with Gasteiger partial charge in [0.25, 0.3) is 0 Å². The predicted molar refractivity (Wildman–Crippen MR) is 87.0 cm³/mol. The van der Waals surface area contributed by atoms with Gasteiger partial charge in [-0.2, -0.15) is 0 Å². The van der Waals surface area contributed by atoms with Crippen molar-refractivity contribution >= 4 is 27.0 Å². The number of aromatic nitrogens is 2. The topological polar surface area (TPSA) is 29.9 Å². The zero-order valence-electron chi connectivity index (χ0n) is 12.3. The van der Waals surface area contributed by atoms with Gasteiger partial charge in [0.2, 0.25) is 5.89 Å². The Balaban J connectivity index is 2.07. The van der Waals surface area contributed by atoms with E-state index >= 15 is 0 Å². The van der Waals surface area contributed by atoms with Crippen molar-refractivity contribution in [3.8, 4) is 11.5 Å². The first kappa shape index (κ1) is 14.3. The Morgan fingerprint density at radius 2 is 2.05 bits per heavy atom. The van der Waals surface area contributed by atoms with Crippen LogP contribution in [0.4, 0.5) is 0 Å². The van der Waals surface area contributed by atoms with Gasteiger partial charge >= 0.3 is 0 Å². The molecule has 2 aromatic heterocycles. The number of hydrogen-bond acceptors (Lipinski definition) is 2. The first-order valence-electron chi connectivity index (χ1n) is 7.29. The zero-order valence-corrected chi connectivity index (χ0v) is 13.9. The number of halogens is 1. The maximum Gasteiger partial charge on any atom is 0.233 e. The second-order valence-electron chi connectivity index (χ2n) is 5.16. The fraction of sp³-hybridized carbons (Fsp3) is 0.294. The van der Waals surface area contributed by atoms with Crippen molar-refractivity contribution in [2.75, 3.05) is 0 Å². The van der Waals surface area contributed by atoms with E-state index in [0.717, 1.165) is 40.5 Å². The highest BCUT2D eigenvalue weighted by atomic mass is 79.9. The van der Waals surface area contributed by atoms with E-state index in [1.54, 1.807) is 0 Å². The summed E-state index contributed by atoms with van der Waals surface area (Å²) in [6.07, 6.45) is 6.25. The van der Waals surface area contributed by atoms with Gasteiger partial charge in [-0.25, -0.2) is 9.55 Å². The van der Waals surface area contributed by atoms with Gasteiger partial charge in [-0.1, -0.05) is 19.9 Å². The molecule has 21 heavy (non-hydrogen) atoms. The largest absolute Gasteiger partial charge is 0.436 e. The molecule has 108 valence electrons. The van der Waals surface area contributed by atoms with Gasteiger partial charge in [0, 0.05) is 6.42 Å². The Bertz CT molecular complexity index is 780. The Labute approximate surface area is 132 Å². The van der Waals surface area contributed by atoms with E-state index in [0.29, 0.717) is 5.89 Å². The summed E-state index contributed by atoms with van der Waals surface area (Å²) in [5.74, 6) is 0.671. The molecule has 0 amide bonds. The molecule has 1 aromatic carbocycles.